The molecule has 8 heteroatoms. The molecule has 1 aliphatic heterocycles. The van der Waals surface area contributed by atoms with E-state index in [-0.39, 0.29) is 18.2 Å². The largest absolute Gasteiger partial charge is 0.508 e. The van der Waals surface area contributed by atoms with Gasteiger partial charge in [-0.15, -0.1) is 23.7 Å². The van der Waals surface area contributed by atoms with Gasteiger partial charge in [-0.05, 0) is 29.3 Å². The molecule has 5 rings (SSSR count). The van der Waals surface area contributed by atoms with Crippen molar-refractivity contribution in [3.63, 3.8) is 0 Å². The molecule has 1 saturated heterocycles. The van der Waals surface area contributed by atoms with E-state index in [0.29, 0.717) is 0 Å². The van der Waals surface area contributed by atoms with Crippen LogP contribution in [0.4, 0.5) is 11.5 Å². The quantitative estimate of drug-likeness (QED) is 0.439. The number of anilines is 2. The topological polar surface area (TPSA) is 70.5 Å². The van der Waals surface area contributed by atoms with Gasteiger partial charge in [0.05, 0.1) is 23.4 Å². The second-order valence-electron chi connectivity index (χ2n) is 7.31. The van der Waals surface area contributed by atoms with Gasteiger partial charge in [0.2, 0.25) is 0 Å². The Hall–Kier alpha value is -2.71. The fourth-order valence-corrected chi connectivity index (χ4v) is 4.66. The zero-order valence-corrected chi connectivity index (χ0v) is 18.5. The summed E-state index contributed by atoms with van der Waals surface area (Å²) < 4.78 is 6.42. The molecule has 0 spiro atoms. The van der Waals surface area contributed by atoms with Crippen LogP contribution in [0, 0.1) is 0 Å². The Labute approximate surface area is 190 Å². The first-order valence-corrected chi connectivity index (χ1v) is 10.8. The fraction of sp³-hybridized carbons (Fsp3) is 0.217. The van der Waals surface area contributed by atoms with Crippen molar-refractivity contribution in [3.8, 4) is 16.2 Å². The number of rotatable bonds is 5. The summed E-state index contributed by atoms with van der Waals surface area (Å²) in [6, 6.07) is 17.9. The van der Waals surface area contributed by atoms with Gasteiger partial charge < -0.3 is 15.2 Å². The number of morpholine rings is 1. The van der Waals surface area contributed by atoms with Crippen molar-refractivity contribution >= 4 is 45.5 Å². The van der Waals surface area contributed by atoms with Gasteiger partial charge in [-0.2, -0.15) is 0 Å². The SMILES string of the molecule is Cl.Oc1cccc(Nc2ncnc3cc(-c4ccc(CN5CCOCC5)cc4)sc23)c1. The summed E-state index contributed by atoms with van der Waals surface area (Å²) in [5.41, 5.74) is 4.18. The van der Waals surface area contributed by atoms with E-state index < -0.39 is 0 Å². The molecule has 6 nitrogen and oxygen atoms in total. The smallest absolute Gasteiger partial charge is 0.151 e. The first-order chi connectivity index (χ1) is 14.7. The highest BCUT2D eigenvalue weighted by atomic mass is 35.5. The van der Waals surface area contributed by atoms with Gasteiger partial charge in [-0.3, -0.25) is 4.90 Å². The summed E-state index contributed by atoms with van der Waals surface area (Å²) in [5.74, 6) is 0.958. The number of fused-ring (bicyclic) bond motifs is 1. The van der Waals surface area contributed by atoms with Crippen LogP contribution in [0.3, 0.4) is 0 Å². The molecule has 160 valence electrons. The minimum absolute atomic E-state index is 0. The predicted molar refractivity (Wildman–Crippen MR) is 128 cm³/mol. The van der Waals surface area contributed by atoms with Crippen LogP contribution in [0.2, 0.25) is 0 Å². The Bertz CT molecular complexity index is 1160. The molecule has 0 amide bonds. The third-order valence-corrected chi connectivity index (χ3v) is 6.35. The summed E-state index contributed by atoms with van der Waals surface area (Å²) in [6.07, 6.45) is 1.56. The van der Waals surface area contributed by atoms with Crippen molar-refractivity contribution in [1.29, 1.82) is 0 Å². The maximum Gasteiger partial charge on any atom is 0.151 e. The van der Waals surface area contributed by atoms with Gasteiger partial charge >= 0.3 is 0 Å². The molecule has 0 radical (unpaired) electrons. The van der Waals surface area contributed by atoms with E-state index in [0.717, 1.165) is 59.4 Å². The molecule has 2 aromatic carbocycles. The van der Waals surface area contributed by atoms with E-state index in [9.17, 15) is 5.11 Å². The van der Waals surface area contributed by atoms with E-state index in [2.05, 4.69) is 50.5 Å². The molecule has 0 saturated carbocycles. The maximum absolute atomic E-state index is 9.70. The Morgan fingerprint density at radius 1 is 1.03 bits per heavy atom. The molecule has 0 bridgehead atoms. The number of aromatic hydroxyl groups is 1. The fourth-order valence-electron chi connectivity index (χ4n) is 3.60. The van der Waals surface area contributed by atoms with Crippen molar-refractivity contribution in [1.82, 2.24) is 14.9 Å². The number of halogens is 1. The molecule has 2 N–H and O–H groups in total. The Kier molecular flexibility index (Phi) is 6.67. The van der Waals surface area contributed by atoms with Crippen LogP contribution >= 0.6 is 23.7 Å². The summed E-state index contributed by atoms with van der Waals surface area (Å²) in [6.45, 7) is 4.58. The van der Waals surface area contributed by atoms with Gasteiger partial charge in [-0.25, -0.2) is 9.97 Å². The normalized spacial score (nSPS) is 14.3. The predicted octanol–water partition coefficient (Wildman–Crippen LogP) is 5.06. The molecule has 2 aromatic heterocycles. The van der Waals surface area contributed by atoms with Crippen molar-refractivity contribution in [2.45, 2.75) is 6.54 Å². The van der Waals surface area contributed by atoms with Crippen LogP contribution < -0.4 is 5.32 Å². The second kappa shape index (κ2) is 9.62. The number of phenolic OH excluding ortho intramolecular Hbond substituents is 1. The number of nitrogens with zero attached hydrogens (tertiary/aromatic N) is 3. The standard InChI is InChI=1S/C23H22N4O2S.ClH/c28-19-3-1-2-18(12-19)26-23-22-20(24-15-25-23)13-21(30-22)17-6-4-16(5-7-17)14-27-8-10-29-11-9-27;/h1-7,12-13,15,28H,8-11,14H2,(H,24,25,26);1H. The average Bonchev–Trinajstić information content (AvgIpc) is 3.21. The van der Waals surface area contributed by atoms with Crippen LogP contribution in [-0.2, 0) is 11.3 Å². The molecule has 31 heavy (non-hydrogen) atoms. The number of aromatic nitrogens is 2. The summed E-state index contributed by atoms with van der Waals surface area (Å²) in [7, 11) is 0. The van der Waals surface area contributed by atoms with Gasteiger partial charge in [0.15, 0.2) is 5.82 Å². The third-order valence-electron chi connectivity index (χ3n) is 5.17. The maximum atomic E-state index is 9.70. The third kappa shape index (κ3) is 4.97. The second-order valence-corrected chi connectivity index (χ2v) is 8.36. The van der Waals surface area contributed by atoms with Crippen LogP contribution in [0.5, 0.6) is 5.75 Å². The van der Waals surface area contributed by atoms with Crippen molar-refractivity contribution in [2.75, 3.05) is 31.6 Å². The highest BCUT2D eigenvalue weighted by molar-refractivity contribution is 7.22. The number of thiophene rings is 1. The van der Waals surface area contributed by atoms with Gasteiger partial charge in [0.25, 0.3) is 0 Å². The highest BCUT2D eigenvalue weighted by Gasteiger charge is 2.13. The van der Waals surface area contributed by atoms with Gasteiger partial charge in [0.1, 0.15) is 12.1 Å². The molecule has 0 unspecified atom stereocenters. The minimum Gasteiger partial charge on any atom is -0.508 e. The first kappa shape index (κ1) is 21.5. The first-order valence-electron chi connectivity index (χ1n) is 9.95. The average molecular weight is 455 g/mol. The zero-order chi connectivity index (χ0) is 20.3. The van der Waals surface area contributed by atoms with E-state index in [1.807, 2.05) is 6.07 Å². The highest BCUT2D eigenvalue weighted by Crippen LogP contribution is 2.36. The van der Waals surface area contributed by atoms with E-state index in [1.54, 1.807) is 35.9 Å². The lowest BCUT2D eigenvalue weighted by Gasteiger charge is -2.26. The number of nitrogens with one attached hydrogen (secondary N) is 1. The molecule has 0 atom stereocenters. The lowest BCUT2D eigenvalue weighted by Crippen LogP contribution is -2.35. The number of benzene rings is 2. The number of ether oxygens (including phenoxy) is 1. The van der Waals surface area contributed by atoms with E-state index >= 15 is 0 Å². The van der Waals surface area contributed by atoms with Crippen LogP contribution in [0.25, 0.3) is 20.7 Å². The minimum atomic E-state index is 0. The molecule has 1 fully saturated rings. The Morgan fingerprint density at radius 2 is 1.84 bits per heavy atom. The molecular weight excluding hydrogens is 432 g/mol. The van der Waals surface area contributed by atoms with Gasteiger partial charge in [0, 0.05) is 36.3 Å². The van der Waals surface area contributed by atoms with E-state index in [1.165, 1.54) is 11.1 Å². The van der Waals surface area contributed by atoms with Crippen molar-refractivity contribution in [3.05, 3.63) is 66.5 Å². The number of hydrogen-bond acceptors (Lipinski definition) is 7. The summed E-state index contributed by atoms with van der Waals surface area (Å²) >= 11 is 1.67. The number of phenols is 1. The lowest BCUT2D eigenvalue weighted by molar-refractivity contribution is 0.0342. The lowest BCUT2D eigenvalue weighted by atomic mass is 10.1. The molecular formula is C23H23ClN4O2S. The Balaban J connectivity index is 0.00000231. The summed E-state index contributed by atoms with van der Waals surface area (Å²) in [4.78, 5) is 12.4. The molecule has 1 aliphatic rings. The van der Waals surface area contributed by atoms with E-state index in [4.69, 9.17) is 4.74 Å². The zero-order valence-electron chi connectivity index (χ0n) is 16.8. The molecule has 0 aliphatic carbocycles. The monoisotopic (exact) mass is 454 g/mol. The van der Waals surface area contributed by atoms with Crippen LogP contribution in [-0.4, -0.2) is 46.3 Å². The molecule has 3 heterocycles. The molecule has 4 aromatic rings. The Morgan fingerprint density at radius 3 is 2.61 bits per heavy atom. The van der Waals surface area contributed by atoms with Crippen molar-refractivity contribution < 1.29 is 9.84 Å². The number of hydrogen-bond donors (Lipinski definition) is 2. The van der Waals surface area contributed by atoms with Gasteiger partial charge in [-0.1, -0.05) is 30.3 Å². The summed E-state index contributed by atoms with van der Waals surface area (Å²) in [5, 5.41) is 13.0. The van der Waals surface area contributed by atoms with Crippen LogP contribution in [0.15, 0.2) is 60.9 Å². The van der Waals surface area contributed by atoms with Crippen LogP contribution in [0.1, 0.15) is 5.56 Å². The van der Waals surface area contributed by atoms with Crippen molar-refractivity contribution in [2.24, 2.45) is 0 Å².